The van der Waals surface area contributed by atoms with Crippen LogP contribution >= 0.6 is 0 Å². The Bertz CT molecular complexity index is 850. The molecule has 0 spiro atoms. The van der Waals surface area contributed by atoms with E-state index in [1.165, 1.54) is 0 Å². The molecule has 0 unspecified atom stereocenters. The van der Waals surface area contributed by atoms with Gasteiger partial charge in [0.05, 0.1) is 6.10 Å². The Morgan fingerprint density at radius 1 is 0.968 bits per heavy atom. The number of nitrogens with one attached hydrogen (secondary N) is 2. The highest BCUT2D eigenvalue weighted by molar-refractivity contribution is 5.98. The van der Waals surface area contributed by atoms with Crippen molar-refractivity contribution in [1.29, 1.82) is 0 Å². The van der Waals surface area contributed by atoms with Crippen LogP contribution in [0, 0.1) is 0 Å². The SMILES string of the molecule is CC(C)OCCCNC(=O)[C@H](CCC(=O)O)NC(=O)c1ccc(-c2ccccc2)cc1. The van der Waals surface area contributed by atoms with Gasteiger partial charge in [-0.15, -0.1) is 0 Å². The fraction of sp³-hybridized carbons (Fsp3) is 0.375. The first-order valence-corrected chi connectivity index (χ1v) is 10.4. The van der Waals surface area contributed by atoms with E-state index in [0.29, 0.717) is 25.1 Å². The summed E-state index contributed by atoms with van der Waals surface area (Å²) < 4.78 is 5.43. The van der Waals surface area contributed by atoms with Crippen molar-refractivity contribution in [3.63, 3.8) is 0 Å². The molecule has 166 valence electrons. The summed E-state index contributed by atoms with van der Waals surface area (Å²) in [5, 5.41) is 14.4. The van der Waals surface area contributed by atoms with Crippen LogP contribution in [0.15, 0.2) is 54.6 Å². The monoisotopic (exact) mass is 426 g/mol. The normalized spacial score (nSPS) is 11.7. The smallest absolute Gasteiger partial charge is 0.303 e. The van der Waals surface area contributed by atoms with E-state index in [1.807, 2.05) is 56.3 Å². The van der Waals surface area contributed by atoms with Gasteiger partial charge >= 0.3 is 5.97 Å². The third kappa shape index (κ3) is 8.60. The largest absolute Gasteiger partial charge is 0.481 e. The van der Waals surface area contributed by atoms with E-state index in [2.05, 4.69) is 10.6 Å². The number of carbonyl (C=O) groups is 3. The molecule has 0 heterocycles. The molecular weight excluding hydrogens is 396 g/mol. The van der Waals surface area contributed by atoms with Crippen molar-refractivity contribution in [1.82, 2.24) is 10.6 Å². The van der Waals surface area contributed by atoms with Gasteiger partial charge in [0.1, 0.15) is 6.04 Å². The summed E-state index contributed by atoms with van der Waals surface area (Å²) >= 11 is 0. The summed E-state index contributed by atoms with van der Waals surface area (Å²) in [5.41, 5.74) is 2.41. The first-order chi connectivity index (χ1) is 14.9. The second kappa shape index (κ2) is 12.5. The lowest BCUT2D eigenvalue weighted by Gasteiger charge is -2.18. The van der Waals surface area contributed by atoms with Crippen LogP contribution in [0.25, 0.3) is 11.1 Å². The highest BCUT2D eigenvalue weighted by Crippen LogP contribution is 2.19. The second-order valence-electron chi connectivity index (χ2n) is 7.47. The fourth-order valence-electron chi connectivity index (χ4n) is 2.95. The maximum Gasteiger partial charge on any atom is 0.303 e. The number of carboxylic acid groups (broad SMARTS) is 1. The van der Waals surface area contributed by atoms with Crippen LogP contribution in [-0.4, -0.2) is 48.2 Å². The summed E-state index contributed by atoms with van der Waals surface area (Å²) in [7, 11) is 0. The van der Waals surface area contributed by atoms with E-state index in [9.17, 15) is 14.4 Å². The maximum atomic E-state index is 12.6. The molecule has 0 fully saturated rings. The number of aliphatic carboxylic acids is 1. The first kappa shape index (κ1) is 24.1. The Balaban J connectivity index is 1.96. The minimum atomic E-state index is -1.02. The van der Waals surface area contributed by atoms with Gasteiger partial charge in [-0.1, -0.05) is 42.5 Å². The number of amides is 2. The Kier molecular flexibility index (Phi) is 9.71. The molecule has 7 heteroatoms. The Morgan fingerprint density at radius 2 is 1.61 bits per heavy atom. The number of rotatable bonds is 12. The van der Waals surface area contributed by atoms with E-state index in [4.69, 9.17) is 9.84 Å². The van der Waals surface area contributed by atoms with E-state index in [-0.39, 0.29) is 18.9 Å². The summed E-state index contributed by atoms with van der Waals surface area (Å²) in [4.78, 5) is 36.1. The summed E-state index contributed by atoms with van der Waals surface area (Å²) in [6.45, 7) is 4.76. The summed E-state index contributed by atoms with van der Waals surface area (Å²) in [6.07, 6.45) is 0.538. The zero-order chi connectivity index (χ0) is 22.6. The van der Waals surface area contributed by atoms with Gasteiger partial charge in [0.15, 0.2) is 0 Å². The van der Waals surface area contributed by atoms with Crippen molar-refractivity contribution >= 4 is 17.8 Å². The average molecular weight is 427 g/mol. The van der Waals surface area contributed by atoms with Crippen LogP contribution in [0.2, 0.25) is 0 Å². The van der Waals surface area contributed by atoms with Crippen LogP contribution in [0.1, 0.15) is 43.5 Å². The van der Waals surface area contributed by atoms with Gasteiger partial charge in [-0.3, -0.25) is 14.4 Å². The molecule has 3 N–H and O–H groups in total. The predicted octanol–water partition coefficient (Wildman–Crippen LogP) is 3.25. The van der Waals surface area contributed by atoms with Crippen molar-refractivity contribution in [3.8, 4) is 11.1 Å². The van der Waals surface area contributed by atoms with Gasteiger partial charge in [-0.25, -0.2) is 0 Å². The van der Waals surface area contributed by atoms with Crippen molar-refractivity contribution in [2.24, 2.45) is 0 Å². The van der Waals surface area contributed by atoms with Gasteiger partial charge in [-0.05, 0) is 49.9 Å². The highest BCUT2D eigenvalue weighted by Gasteiger charge is 2.22. The molecule has 0 saturated carbocycles. The highest BCUT2D eigenvalue weighted by atomic mass is 16.5. The Morgan fingerprint density at radius 3 is 2.23 bits per heavy atom. The number of hydrogen-bond donors (Lipinski definition) is 3. The molecule has 2 aromatic rings. The number of carbonyl (C=O) groups excluding carboxylic acids is 2. The summed E-state index contributed by atoms with van der Waals surface area (Å²) in [5.74, 6) is -1.85. The molecule has 2 aromatic carbocycles. The minimum absolute atomic E-state index is 0.0114. The first-order valence-electron chi connectivity index (χ1n) is 10.4. The Labute approximate surface area is 182 Å². The van der Waals surface area contributed by atoms with E-state index in [1.54, 1.807) is 12.1 Å². The quantitative estimate of drug-likeness (QED) is 0.452. The van der Waals surface area contributed by atoms with Gasteiger partial charge in [-0.2, -0.15) is 0 Å². The zero-order valence-electron chi connectivity index (χ0n) is 18.0. The van der Waals surface area contributed by atoms with Crippen LogP contribution in [-0.2, 0) is 14.3 Å². The zero-order valence-corrected chi connectivity index (χ0v) is 18.0. The molecule has 0 aliphatic carbocycles. The lowest BCUT2D eigenvalue weighted by molar-refractivity contribution is -0.137. The number of hydrogen-bond acceptors (Lipinski definition) is 4. The molecule has 1 atom stereocenters. The standard InChI is InChI=1S/C24H30N2O5/c1-17(2)31-16-6-15-25-24(30)21(13-14-22(27)28)26-23(29)20-11-9-19(10-12-20)18-7-4-3-5-8-18/h3-5,7-12,17,21H,6,13-16H2,1-2H3,(H,25,30)(H,26,29)(H,27,28)/t21-/m0/s1. The van der Waals surface area contributed by atoms with E-state index in [0.717, 1.165) is 11.1 Å². The third-order valence-corrected chi connectivity index (χ3v) is 4.59. The van der Waals surface area contributed by atoms with Gasteiger partial charge < -0.3 is 20.5 Å². The van der Waals surface area contributed by atoms with Crippen LogP contribution < -0.4 is 10.6 Å². The molecule has 0 saturated heterocycles. The number of ether oxygens (including phenoxy) is 1. The maximum absolute atomic E-state index is 12.6. The lowest BCUT2D eigenvalue weighted by atomic mass is 10.0. The van der Waals surface area contributed by atoms with Gasteiger partial charge in [0, 0.05) is 25.1 Å². The van der Waals surface area contributed by atoms with Crippen LogP contribution in [0.5, 0.6) is 0 Å². The predicted molar refractivity (Wildman–Crippen MR) is 119 cm³/mol. The molecule has 0 aliphatic heterocycles. The molecular formula is C24H30N2O5. The van der Waals surface area contributed by atoms with Gasteiger partial charge in [0.2, 0.25) is 5.91 Å². The Hall–Kier alpha value is -3.19. The molecule has 0 aromatic heterocycles. The molecule has 2 rings (SSSR count). The molecule has 0 radical (unpaired) electrons. The average Bonchev–Trinajstić information content (AvgIpc) is 2.76. The minimum Gasteiger partial charge on any atom is -0.481 e. The van der Waals surface area contributed by atoms with Gasteiger partial charge in [0.25, 0.3) is 5.91 Å². The molecule has 31 heavy (non-hydrogen) atoms. The van der Waals surface area contributed by atoms with Crippen molar-refractivity contribution < 1.29 is 24.2 Å². The molecule has 0 aliphatic rings. The molecule has 7 nitrogen and oxygen atoms in total. The van der Waals surface area contributed by atoms with E-state index < -0.39 is 23.8 Å². The topological polar surface area (TPSA) is 105 Å². The molecule has 2 amide bonds. The van der Waals surface area contributed by atoms with Crippen molar-refractivity contribution in [2.75, 3.05) is 13.2 Å². The lowest BCUT2D eigenvalue weighted by Crippen LogP contribution is -2.47. The van der Waals surface area contributed by atoms with Crippen molar-refractivity contribution in [2.45, 2.75) is 45.3 Å². The van der Waals surface area contributed by atoms with Crippen molar-refractivity contribution in [3.05, 3.63) is 60.2 Å². The second-order valence-corrected chi connectivity index (χ2v) is 7.47. The molecule has 0 bridgehead atoms. The van der Waals surface area contributed by atoms with Crippen LogP contribution in [0.3, 0.4) is 0 Å². The number of benzene rings is 2. The van der Waals surface area contributed by atoms with E-state index >= 15 is 0 Å². The van der Waals surface area contributed by atoms with Crippen LogP contribution in [0.4, 0.5) is 0 Å². The summed E-state index contributed by atoms with van der Waals surface area (Å²) in [6, 6.07) is 15.9. The third-order valence-electron chi connectivity index (χ3n) is 4.59. The number of carboxylic acids is 1. The fourth-order valence-corrected chi connectivity index (χ4v) is 2.95.